The Balaban J connectivity index is 1.72. The van der Waals surface area contributed by atoms with Crippen LogP contribution in [0.4, 0.5) is 10.6 Å². The summed E-state index contributed by atoms with van der Waals surface area (Å²) in [5, 5.41) is 10.5. The summed E-state index contributed by atoms with van der Waals surface area (Å²) in [5.74, 6) is 0.224. The molecule has 114 valence electrons. The fraction of sp³-hybridized carbons (Fsp3) is 0.538. The predicted octanol–water partition coefficient (Wildman–Crippen LogP) is 1.99. The average molecular weight is 295 g/mol. The second-order valence-corrected chi connectivity index (χ2v) is 4.72. The Kier molecular flexibility index (Phi) is 4.91. The van der Waals surface area contributed by atoms with Crippen LogP contribution in [0.15, 0.2) is 18.3 Å². The number of pyridine rings is 1. The van der Waals surface area contributed by atoms with Crippen LogP contribution in [-0.4, -0.2) is 46.7 Å². The number of aromatic nitrogens is 1. The number of likely N-dealkylation sites (tertiary alicyclic amines) is 1. The number of ether oxygens (including phenoxy) is 2. The minimum Gasteiger partial charge on any atom is -0.483 e. The van der Waals surface area contributed by atoms with E-state index >= 15 is 0 Å². The van der Waals surface area contributed by atoms with Gasteiger partial charge in [-0.2, -0.15) is 0 Å². The molecule has 2 rings (SSSR count). The zero-order valence-electron chi connectivity index (χ0n) is 11.7. The lowest BCUT2D eigenvalue weighted by Crippen LogP contribution is -2.56. The van der Waals surface area contributed by atoms with E-state index in [1.165, 1.54) is 18.3 Å². The second kappa shape index (κ2) is 6.87. The van der Waals surface area contributed by atoms with Gasteiger partial charge in [0.1, 0.15) is 6.10 Å². The van der Waals surface area contributed by atoms with Crippen molar-refractivity contribution in [2.75, 3.05) is 19.7 Å². The molecule has 0 aliphatic carbocycles. The molecule has 0 unspecified atom stereocenters. The van der Waals surface area contributed by atoms with E-state index in [4.69, 9.17) is 9.47 Å². The van der Waals surface area contributed by atoms with Gasteiger partial charge in [0.25, 0.3) is 0 Å². The zero-order valence-corrected chi connectivity index (χ0v) is 11.7. The van der Waals surface area contributed by atoms with E-state index < -0.39 is 4.92 Å². The van der Waals surface area contributed by atoms with Crippen molar-refractivity contribution >= 4 is 11.9 Å². The Hall–Kier alpha value is -2.38. The van der Waals surface area contributed by atoms with Crippen LogP contribution in [0, 0.1) is 10.1 Å². The van der Waals surface area contributed by atoms with Gasteiger partial charge in [-0.05, 0) is 22.4 Å². The third kappa shape index (κ3) is 4.04. The molecular weight excluding hydrogens is 278 g/mol. The highest BCUT2D eigenvalue weighted by molar-refractivity contribution is 5.68. The van der Waals surface area contributed by atoms with Crippen molar-refractivity contribution in [3.63, 3.8) is 0 Å². The summed E-state index contributed by atoms with van der Waals surface area (Å²) in [5.41, 5.74) is 0. The van der Waals surface area contributed by atoms with Gasteiger partial charge < -0.3 is 24.5 Å². The minimum absolute atomic E-state index is 0.132. The first-order chi connectivity index (χ1) is 10.1. The largest absolute Gasteiger partial charge is 0.483 e. The molecule has 1 aromatic heterocycles. The van der Waals surface area contributed by atoms with Crippen LogP contribution >= 0.6 is 0 Å². The number of hydrogen-bond acceptors (Lipinski definition) is 6. The van der Waals surface area contributed by atoms with Gasteiger partial charge in [0.05, 0.1) is 19.7 Å². The number of rotatable bonds is 6. The van der Waals surface area contributed by atoms with E-state index in [2.05, 4.69) is 4.98 Å². The average Bonchev–Trinajstić information content (AvgIpc) is 2.43. The number of nitro groups is 1. The first kappa shape index (κ1) is 15.0. The molecule has 0 spiro atoms. The van der Waals surface area contributed by atoms with Crippen molar-refractivity contribution in [1.82, 2.24) is 9.88 Å². The van der Waals surface area contributed by atoms with Gasteiger partial charge in [0.2, 0.25) is 0 Å². The van der Waals surface area contributed by atoms with Gasteiger partial charge in [0.15, 0.2) is 11.9 Å². The molecule has 0 aromatic carbocycles. The van der Waals surface area contributed by atoms with Gasteiger partial charge in [-0.25, -0.2) is 4.79 Å². The van der Waals surface area contributed by atoms with Gasteiger partial charge in [-0.15, -0.1) is 0 Å². The van der Waals surface area contributed by atoms with Crippen molar-refractivity contribution in [1.29, 1.82) is 0 Å². The maximum Gasteiger partial charge on any atom is 0.410 e. The lowest BCUT2D eigenvalue weighted by Gasteiger charge is -2.37. The number of carbonyl (C=O) groups is 1. The Morgan fingerprint density at radius 2 is 2.29 bits per heavy atom. The van der Waals surface area contributed by atoms with Crippen molar-refractivity contribution in [3.05, 3.63) is 28.4 Å². The topological polar surface area (TPSA) is 94.8 Å². The molecule has 0 bridgehead atoms. The predicted molar refractivity (Wildman–Crippen MR) is 73.1 cm³/mol. The van der Waals surface area contributed by atoms with Crippen LogP contribution in [0.2, 0.25) is 0 Å². The summed E-state index contributed by atoms with van der Waals surface area (Å²) in [6, 6.07) is 2.78. The van der Waals surface area contributed by atoms with Crippen LogP contribution in [0.3, 0.4) is 0 Å². The molecular formula is C13H17N3O5. The first-order valence-corrected chi connectivity index (χ1v) is 6.79. The van der Waals surface area contributed by atoms with Crippen molar-refractivity contribution in [3.8, 4) is 5.75 Å². The van der Waals surface area contributed by atoms with E-state index in [-0.39, 0.29) is 18.0 Å². The molecule has 8 nitrogen and oxygen atoms in total. The maximum atomic E-state index is 11.6. The Bertz CT molecular complexity index is 499. The smallest absolute Gasteiger partial charge is 0.410 e. The van der Waals surface area contributed by atoms with Gasteiger partial charge in [-0.1, -0.05) is 13.3 Å². The van der Waals surface area contributed by atoms with Gasteiger partial charge in [0, 0.05) is 6.07 Å². The molecule has 1 aromatic rings. The Morgan fingerprint density at radius 3 is 2.86 bits per heavy atom. The SMILES string of the molecule is CCCCOC(=O)N1CC(Oc2ccc([N+](=O)[O-])nc2)C1. The molecule has 2 heterocycles. The van der Waals surface area contributed by atoms with E-state index in [1.807, 2.05) is 6.92 Å². The fourth-order valence-electron chi connectivity index (χ4n) is 1.80. The molecule has 0 N–H and O–H groups in total. The highest BCUT2D eigenvalue weighted by Crippen LogP contribution is 2.19. The van der Waals surface area contributed by atoms with Crippen LogP contribution < -0.4 is 4.74 Å². The zero-order chi connectivity index (χ0) is 15.2. The van der Waals surface area contributed by atoms with Crippen LogP contribution in [0.5, 0.6) is 5.75 Å². The summed E-state index contributed by atoms with van der Waals surface area (Å²) in [7, 11) is 0. The minimum atomic E-state index is -0.568. The van der Waals surface area contributed by atoms with Crippen molar-refractivity contribution in [2.24, 2.45) is 0 Å². The summed E-state index contributed by atoms with van der Waals surface area (Å²) in [6.07, 6.45) is 2.68. The summed E-state index contributed by atoms with van der Waals surface area (Å²) in [6.45, 7) is 3.35. The number of unbranched alkanes of at least 4 members (excludes halogenated alkanes) is 1. The highest BCUT2D eigenvalue weighted by atomic mass is 16.6. The van der Waals surface area contributed by atoms with Gasteiger partial charge >= 0.3 is 11.9 Å². The number of amides is 1. The van der Waals surface area contributed by atoms with E-state index in [9.17, 15) is 14.9 Å². The molecule has 8 heteroatoms. The molecule has 0 saturated carbocycles. The third-order valence-corrected chi connectivity index (χ3v) is 3.04. The number of carbonyl (C=O) groups excluding carboxylic acids is 1. The Morgan fingerprint density at radius 1 is 1.52 bits per heavy atom. The molecule has 1 amide bonds. The lowest BCUT2D eigenvalue weighted by molar-refractivity contribution is -0.389. The molecule has 1 aliphatic rings. The quantitative estimate of drug-likeness (QED) is 0.452. The van der Waals surface area contributed by atoms with Crippen LogP contribution in [0.25, 0.3) is 0 Å². The standard InChI is InChI=1S/C13H17N3O5/c1-2-3-6-20-13(17)15-8-11(9-15)21-10-4-5-12(14-7-10)16(18)19/h4-5,7,11H,2-3,6,8-9H2,1H3. The number of nitrogens with zero attached hydrogens (tertiary/aromatic N) is 3. The highest BCUT2D eigenvalue weighted by Gasteiger charge is 2.33. The van der Waals surface area contributed by atoms with Crippen molar-refractivity contribution < 1.29 is 19.2 Å². The third-order valence-electron chi connectivity index (χ3n) is 3.04. The molecule has 1 saturated heterocycles. The van der Waals surface area contributed by atoms with E-state index in [0.717, 1.165) is 12.8 Å². The maximum absolute atomic E-state index is 11.6. The monoisotopic (exact) mass is 295 g/mol. The first-order valence-electron chi connectivity index (χ1n) is 6.79. The van der Waals surface area contributed by atoms with E-state index in [1.54, 1.807) is 4.90 Å². The molecule has 1 aliphatic heterocycles. The van der Waals surface area contributed by atoms with Crippen LogP contribution in [0.1, 0.15) is 19.8 Å². The van der Waals surface area contributed by atoms with Gasteiger partial charge in [-0.3, -0.25) is 0 Å². The van der Waals surface area contributed by atoms with E-state index in [0.29, 0.717) is 25.4 Å². The fourth-order valence-corrected chi connectivity index (χ4v) is 1.80. The Labute approximate surface area is 121 Å². The summed E-state index contributed by atoms with van der Waals surface area (Å²) < 4.78 is 10.6. The molecule has 1 fully saturated rings. The van der Waals surface area contributed by atoms with Crippen LogP contribution in [-0.2, 0) is 4.74 Å². The normalized spacial score (nSPS) is 14.4. The second-order valence-electron chi connectivity index (χ2n) is 4.72. The molecule has 0 radical (unpaired) electrons. The molecule has 21 heavy (non-hydrogen) atoms. The lowest BCUT2D eigenvalue weighted by atomic mass is 10.2. The van der Waals surface area contributed by atoms with Crippen molar-refractivity contribution in [2.45, 2.75) is 25.9 Å². The summed E-state index contributed by atoms with van der Waals surface area (Å²) >= 11 is 0. The number of hydrogen-bond donors (Lipinski definition) is 0. The summed E-state index contributed by atoms with van der Waals surface area (Å²) in [4.78, 5) is 26.7. The molecule has 0 atom stereocenters.